The summed E-state index contributed by atoms with van der Waals surface area (Å²) in [6.07, 6.45) is 8.49. The molecule has 0 aromatic carbocycles. The van der Waals surface area contributed by atoms with Crippen molar-refractivity contribution in [3.63, 3.8) is 0 Å². The number of hydrogen-bond acceptors (Lipinski definition) is 1. The molecule has 72 valence electrons. The van der Waals surface area contributed by atoms with Crippen molar-refractivity contribution in [2.24, 2.45) is 0 Å². The van der Waals surface area contributed by atoms with Gasteiger partial charge in [0.25, 0.3) is 0 Å². The van der Waals surface area contributed by atoms with Crippen LogP contribution in [0.25, 0.3) is 0 Å². The van der Waals surface area contributed by atoms with Gasteiger partial charge in [-0.2, -0.15) is 0 Å². The number of carbonyl (C=O) groups is 1. The number of allylic oxidation sites excluding steroid dienone is 1. The highest BCUT2D eigenvalue weighted by molar-refractivity contribution is 5.78. The highest BCUT2D eigenvalue weighted by atomic mass is 16.2. The molecule has 0 aliphatic carbocycles. The summed E-state index contributed by atoms with van der Waals surface area (Å²) in [7, 11) is 0. The van der Waals surface area contributed by atoms with Gasteiger partial charge >= 0.3 is 0 Å². The lowest BCUT2D eigenvalue weighted by Crippen LogP contribution is -2.33. The number of likely N-dealkylation sites (tertiary alicyclic amines) is 1. The maximum atomic E-state index is 11.6. The van der Waals surface area contributed by atoms with Crippen molar-refractivity contribution >= 4 is 5.91 Å². The summed E-state index contributed by atoms with van der Waals surface area (Å²) in [5.41, 5.74) is 0. The Bertz CT molecular complexity index is 220. The van der Waals surface area contributed by atoms with Crippen LogP contribution in [0.5, 0.6) is 0 Å². The first-order valence-electron chi connectivity index (χ1n) is 4.82. The van der Waals surface area contributed by atoms with Crippen LogP contribution in [0.4, 0.5) is 0 Å². The largest absolute Gasteiger partial charge is 0.336 e. The lowest BCUT2D eigenvalue weighted by molar-refractivity contribution is -0.130. The fourth-order valence-corrected chi connectivity index (χ4v) is 1.77. The number of nitrogens with zero attached hydrogens (tertiary/aromatic N) is 1. The van der Waals surface area contributed by atoms with E-state index in [0.29, 0.717) is 12.5 Å². The second-order valence-electron chi connectivity index (χ2n) is 3.32. The summed E-state index contributed by atoms with van der Waals surface area (Å²) in [5, 5.41) is 0. The van der Waals surface area contributed by atoms with Crippen LogP contribution in [-0.2, 0) is 4.79 Å². The smallest absolute Gasteiger partial charge is 0.226 e. The van der Waals surface area contributed by atoms with Crippen LogP contribution in [0.3, 0.4) is 0 Å². The highest BCUT2D eigenvalue weighted by Crippen LogP contribution is 2.19. The Morgan fingerprint density at radius 2 is 2.46 bits per heavy atom. The molecule has 1 atom stereocenters. The van der Waals surface area contributed by atoms with Crippen molar-refractivity contribution in [3.8, 4) is 0 Å². The molecule has 1 rings (SSSR count). The van der Waals surface area contributed by atoms with Crippen molar-refractivity contribution in [2.75, 3.05) is 6.54 Å². The minimum absolute atomic E-state index is 0.204. The van der Waals surface area contributed by atoms with Crippen LogP contribution < -0.4 is 0 Å². The van der Waals surface area contributed by atoms with E-state index in [1.165, 1.54) is 0 Å². The van der Waals surface area contributed by atoms with Gasteiger partial charge in [0.1, 0.15) is 0 Å². The molecule has 0 spiro atoms. The highest BCUT2D eigenvalue weighted by Gasteiger charge is 2.25. The second kappa shape index (κ2) is 4.85. The average molecular weight is 179 g/mol. The molecule has 0 bridgehead atoms. The van der Waals surface area contributed by atoms with Gasteiger partial charge in [-0.05, 0) is 19.8 Å². The first kappa shape index (κ1) is 10.0. The number of hydrogen-bond donors (Lipinski definition) is 0. The predicted molar refractivity (Wildman–Crippen MR) is 54.4 cm³/mol. The van der Waals surface area contributed by atoms with E-state index in [9.17, 15) is 4.79 Å². The summed E-state index contributed by atoms with van der Waals surface area (Å²) in [6, 6.07) is 0.331. The average Bonchev–Trinajstić information content (AvgIpc) is 2.54. The molecule has 2 nitrogen and oxygen atoms in total. The minimum Gasteiger partial charge on any atom is -0.336 e. The molecule has 0 N–H and O–H groups in total. The molecular weight excluding hydrogens is 162 g/mol. The van der Waals surface area contributed by atoms with Gasteiger partial charge in [0, 0.05) is 13.0 Å². The quantitative estimate of drug-likeness (QED) is 0.608. The van der Waals surface area contributed by atoms with Crippen molar-refractivity contribution in [3.05, 3.63) is 24.8 Å². The van der Waals surface area contributed by atoms with Crippen LogP contribution in [0.15, 0.2) is 24.8 Å². The van der Waals surface area contributed by atoms with Gasteiger partial charge in [-0.15, -0.1) is 6.58 Å². The maximum Gasteiger partial charge on any atom is 0.226 e. The standard InChI is InChI=1S/C11H17NO/c1-3-6-10-8-5-9-12(10)11(13)7-4-2/h3-4,6,10H,2,5,7-9H2,1H3/b6-3+/t10-/m1/s1. The van der Waals surface area contributed by atoms with Gasteiger partial charge in [0.2, 0.25) is 5.91 Å². The summed E-state index contributed by atoms with van der Waals surface area (Å²) in [4.78, 5) is 13.5. The zero-order valence-electron chi connectivity index (χ0n) is 8.20. The fraction of sp³-hybridized carbons (Fsp3) is 0.545. The first-order valence-corrected chi connectivity index (χ1v) is 4.82. The normalized spacial score (nSPS) is 22.5. The Balaban J connectivity index is 2.56. The SMILES string of the molecule is C=CCC(=O)N1CCC[C@H]1/C=C/C. The molecule has 1 amide bonds. The van der Waals surface area contributed by atoms with Crippen LogP contribution in [0.1, 0.15) is 26.2 Å². The molecule has 13 heavy (non-hydrogen) atoms. The fourth-order valence-electron chi connectivity index (χ4n) is 1.77. The topological polar surface area (TPSA) is 20.3 Å². The molecule has 0 radical (unpaired) electrons. The molecule has 0 aromatic heterocycles. The Kier molecular flexibility index (Phi) is 3.74. The third-order valence-corrected chi connectivity index (χ3v) is 2.35. The zero-order valence-corrected chi connectivity index (χ0v) is 8.20. The van der Waals surface area contributed by atoms with Crippen molar-refractivity contribution < 1.29 is 4.79 Å². The monoisotopic (exact) mass is 179 g/mol. The molecule has 1 aliphatic heterocycles. The van der Waals surface area contributed by atoms with Crippen molar-refractivity contribution in [2.45, 2.75) is 32.2 Å². The molecule has 1 aliphatic rings. The molecule has 1 fully saturated rings. The van der Waals surface area contributed by atoms with E-state index in [-0.39, 0.29) is 5.91 Å². The minimum atomic E-state index is 0.204. The van der Waals surface area contributed by atoms with Crippen LogP contribution in [0, 0.1) is 0 Å². The summed E-state index contributed by atoms with van der Waals surface area (Å²) in [5.74, 6) is 0.204. The lowest BCUT2D eigenvalue weighted by atomic mass is 10.2. The molecular formula is C11H17NO. The van der Waals surface area contributed by atoms with E-state index >= 15 is 0 Å². The van der Waals surface area contributed by atoms with E-state index in [1.54, 1.807) is 6.08 Å². The Morgan fingerprint density at radius 1 is 1.69 bits per heavy atom. The lowest BCUT2D eigenvalue weighted by Gasteiger charge is -2.21. The van der Waals surface area contributed by atoms with Gasteiger partial charge in [-0.3, -0.25) is 4.79 Å². The van der Waals surface area contributed by atoms with E-state index in [0.717, 1.165) is 19.4 Å². The molecule has 1 saturated heterocycles. The third kappa shape index (κ3) is 2.44. The maximum absolute atomic E-state index is 11.6. The summed E-state index contributed by atoms with van der Waals surface area (Å²) in [6.45, 7) is 6.48. The zero-order chi connectivity index (χ0) is 9.68. The first-order chi connectivity index (χ1) is 6.29. The Morgan fingerprint density at radius 3 is 3.08 bits per heavy atom. The third-order valence-electron chi connectivity index (χ3n) is 2.35. The number of carbonyl (C=O) groups excluding carboxylic acids is 1. The van der Waals surface area contributed by atoms with Crippen molar-refractivity contribution in [1.29, 1.82) is 0 Å². The van der Waals surface area contributed by atoms with E-state index in [2.05, 4.69) is 12.7 Å². The van der Waals surface area contributed by atoms with Gasteiger partial charge in [0.05, 0.1) is 6.04 Å². The summed E-state index contributed by atoms with van der Waals surface area (Å²) >= 11 is 0. The van der Waals surface area contributed by atoms with Gasteiger partial charge in [0.15, 0.2) is 0 Å². The molecule has 0 aromatic rings. The van der Waals surface area contributed by atoms with Crippen LogP contribution in [0.2, 0.25) is 0 Å². The molecule has 0 unspecified atom stereocenters. The van der Waals surface area contributed by atoms with Crippen LogP contribution in [-0.4, -0.2) is 23.4 Å². The Hall–Kier alpha value is -1.05. The summed E-state index contributed by atoms with van der Waals surface area (Å²) < 4.78 is 0. The second-order valence-corrected chi connectivity index (χ2v) is 3.32. The van der Waals surface area contributed by atoms with E-state index < -0.39 is 0 Å². The predicted octanol–water partition coefficient (Wildman–Crippen LogP) is 2.13. The number of amides is 1. The van der Waals surface area contributed by atoms with Gasteiger partial charge < -0.3 is 4.90 Å². The Labute approximate surface area is 79.9 Å². The molecule has 1 heterocycles. The molecule has 0 saturated carbocycles. The van der Waals surface area contributed by atoms with Gasteiger partial charge in [-0.1, -0.05) is 18.2 Å². The van der Waals surface area contributed by atoms with Gasteiger partial charge in [-0.25, -0.2) is 0 Å². The number of rotatable bonds is 3. The van der Waals surface area contributed by atoms with E-state index in [4.69, 9.17) is 0 Å². The molecule has 2 heteroatoms. The van der Waals surface area contributed by atoms with Crippen LogP contribution >= 0.6 is 0 Å². The van der Waals surface area contributed by atoms with Crippen molar-refractivity contribution in [1.82, 2.24) is 4.90 Å². The van der Waals surface area contributed by atoms with E-state index in [1.807, 2.05) is 17.9 Å².